The van der Waals surface area contributed by atoms with Gasteiger partial charge in [0, 0.05) is 16.6 Å². The van der Waals surface area contributed by atoms with E-state index in [1.165, 1.54) is 5.01 Å². The molecule has 0 radical (unpaired) electrons. The molecule has 1 aromatic rings. The summed E-state index contributed by atoms with van der Waals surface area (Å²) >= 11 is 3.29. The summed E-state index contributed by atoms with van der Waals surface area (Å²) in [7, 11) is 0. The van der Waals surface area contributed by atoms with Crippen molar-refractivity contribution in [1.82, 2.24) is 5.01 Å². The Hall–Kier alpha value is -0.870. The first kappa shape index (κ1) is 10.2. The fourth-order valence-electron chi connectivity index (χ4n) is 0.902. The number of carbonyl (C=O) groups excluding carboxylic acids is 1. The summed E-state index contributed by atoms with van der Waals surface area (Å²) in [4.78, 5) is 11.5. The van der Waals surface area contributed by atoms with Crippen LogP contribution in [-0.2, 0) is 0 Å². The maximum Gasteiger partial charge on any atom is 0.267 e. The van der Waals surface area contributed by atoms with Gasteiger partial charge in [0.2, 0.25) is 0 Å². The lowest BCUT2D eigenvalue weighted by molar-refractivity contribution is 0.0764. The molecule has 0 aliphatic rings. The molecule has 0 atom stereocenters. The van der Waals surface area contributed by atoms with Gasteiger partial charge in [-0.3, -0.25) is 9.80 Å². The first-order valence-electron chi connectivity index (χ1n) is 3.97. The molecule has 0 unspecified atom stereocenters. The van der Waals surface area contributed by atoms with Crippen molar-refractivity contribution in [3.05, 3.63) is 34.3 Å². The maximum atomic E-state index is 11.5. The molecule has 0 heterocycles. The van der Waals surface area contributed by atoms with E-state index in [1.54, 1.807) is 12.1 Å². The van der Waals surface area contributed by atoms with E-state index in [0.717, 1.165) is 4.47 Å². The summed E-state index contributed by atoms with van der Waals surface area (Å²) in [5.74, 6) is 5.30. The van der Waals surface area contributed by atoms with Crippen molar-refractivity contribution in [2.45, 2.75) is 6.92 Å². The van der Waals surface area contributed by atoms with E-state index < -0.39 is 0 Å². The van der Waals surface area contributed by atoms with Gasteiger partial charge in [-0.2, -0.15) is 0 Å². The second kappa shape index (κ2) is 4.39. The van der Waals surface area contributed by atoms with Gasteiger partial charge in [0.25, 0.3) is 5.91 Å². The Balaban J connectivity index is 2.83. The van der Waals surface area contributed by atoms with Crippen molar-refractivity contribution >= 4 is 21.8 Å². The summed E-state index contributed by atoms with van der Waals surface area (Å²) in [5, 5.41) is 1.18. The summed E-state index contributed by atoms with van der Waals surface area (Å²) in [6.45, 7) is 2.34. The largest absolute Gasteiger partial charge is 0.277 e. The maximum absolute atomic E-state index is 11.5. The molecule has 0 fully saturated rings. The number of amides is 1. The van der Waals surface area contributed by atoms with Crippen LogP contribution >= 0.6 is 15.9 Å². The molecule has 0 aliphatic carbocycles. The monoisotopic (exact) mass is 242 g/mol. The van der Waals surface area contributed by atoms with Crippen LogP contribution in [0.5, 0.6) is 0 Å². The summed E-state index contributed by atoms with van der Waals surface area (Å²) in [5.41, 5.74) is 0.604. The summed E-state index contributed by atoms with van der Waals surface area (Å²) < 4.78 is 0.948. The van der Waals surface area contributed by atoms with E-state index in [0.29, 0.717) is 12.1 Å². The normalized spacial score (nSPS) is 9.77. The van der Waals surface area contributed by atoms with Crippen molar-refractivity contribution in [2.75, 3.05) is 6.54 Å². The molecule has 2 N–H and O–H groups in total. The van der Waals surface area contributed by atoms with E-state index in [-0.39, 0.29) is 5.91 Å². The second-order valence-electron chi connectivity index (χ2n) is 2.60. The average Bonchev–Trinajstić information content (AvgIpc) is 2.17. The van der Waals surface area contributed by atoms with E-state index >= 15 is 0 Å². The molecule has 0 spiro atoms. The number of nitrogens with two attached hydrogens (primary N) is 1. The highest BCUT2D eigenvalue weighted by Crippen LogP contribution is 2.11. The van der Waals surface area contributed by atoms with Gasteiger partial charge in [-0.15, -0.1) is 0 Å². The van der Waals surface area contributed by atoms with E-state index in [4.69, 9.17) is 5.84 Å². The van der Waals surface area contributed by atoms with Gasteiger partial charge in [-0.1, -0.05) is 15.9 Å². The van der Waals surface area contributed by atoms with Gasteiger partial charge in [0.05, 0.1) is 0 Å². The van der Waals surface area contributed by atoms with Crippen LogP contribution in [0.3, 0.4) is 0 Å². The third-order valence-electron chi connectivity index (χ3n) is 1.69. The second-order valence-corrected chi connectivity index (χ2v) is 3.51. The van der Waals surface area contributed by atoms with Crippen molar-refractivity contribution in [2.24, 2.45) is 5.84 Å². The summed E-state index contributed by atoms with van der Waals surface area (Å²) in [6, 6.07) is 7.11. The molecule has 0 saturated heterocycles. The third-order valence-corrected chi connectivity index (χ3v) is 2.22. The number of hydrogen-bond acceptors (Lipinski definition) is 2. The van der Waals surface area contributed by atoms with Crippen molar-refractivity contribution in [3.8, 4) is 0 Å². The van der Waals surface area contributed by atoms with Crippen LogP contribution in [0, 0.1) is 0 Å². The highest BCUT2D eigenvalue weighted by Gasteiger charge is 2.09. The Kier molecular flexibility index (Phi) is 3.45. The van der Waals surface area contributed by atoms with Crippen LogP contribution < -0.4 is 5.84 Å². The van der Waals surface area contributed by atoms with E-state index in [9.17, 15) is 4.79 Å². The molecule has 4 heteroatoms. The molecule has 1 aromatic carbocycles. The lowest BCUT2D eigenvalue weighted by Crippen LogP contribution is -2.36. The molecular weight excluding hydrogens is 232 g/mol. The highest BCUT2D eigenvalue weighted by molar-refractivity contribution is 9.10. The van der Waals surface area contributed by atoms with Crippen LogP contribution in [0.15, 0.2) is 28.7 Å². The topological polar surface area (TPSA) is 46.3 Å². The predicted octanol–water partition coefficient (Wildman–Crippen LogP) is 1.78. The van der Waals surface area contributed by atoms with Crippen LogP contribution in [0.1, 0.15) is 17.3 Å². The van der Waals surface area contributed by atoms with E-state index in [2.05, 4.69) is 15.9 Å². The molecule has 0 bridgehead atoms. The minimum absolute atomic E-state index is 0.157. The van der Waals surface area contributed by atoms with Crippen molar-refractivity contribution < 1.29 is 4.79 Å². The minimum Gasteiger partial charge on any atom is -0.277 e. The molecule has 70 valence electrons. The minimum atomic E-state index is -0.157. The lowest BCUT2D eigenvalue weighted by Gasteiger charge is -2.13. The Morgan fingerprint density at radius 1 is 1.46 bits per heavy atom. The quantitative estimate of drug-likeness (QED) is 0.489. The SMILES string of the molecule is CCN(N)C(=O)c1ccc(Br)cc1. The fraction of sp³-hybridized carbons (Fsp3) is 0.222. The molecular formula is C9H11BrN2O. The van der Waals surface area contributed by atoms with Crippen LogP contribution in [0.2, 0.25) is 0 Å². The molecule has 0 saturated carbocycles. The van der Waals surface area contributed by atoms with Crippen LogP contribution in [-0.4, -0.2) is 17.5 Å². The third kappa shape index (κ3) is 2.54. The molecule has 13 heavy (non-hydrogen) atoms. The van der Waals surface area contributed by atoms with Gasteiger partial charge >= 0.3 is 0 Å². The van der Waals surface area contributed by atoms with Crippen molar-refractivity contribution in [3.63, 3.8) is 0 Å². The molecule has 3 nitrogen and oxygen atoms in total. The number of hydrogen-bond donors (Lipinski definition) is 1. The Morgan fingerprint density at radius 2 is 2.00 bits per heavy atom. The zero-order valence-electron chi connectivity index (χ0n) is 7.33. The smallest absolute Gasteiger partial charge is 0.267 e. The molecule has 0 aromatic heterocycles. The number of nitrogens with zero attached hydrogens (tertiary/aromatic N) is 1. The number of halogens is 1. The first-order valence-corrected chi connectivity index (χ1v) is 4.76. The molecule has 0 aliphatic heterocycles. The highest BCUT2D eigenvalue weighted by atomic mass is 79.9. The number of hydrazine groups is 1. The Bertz CT molecular complexity index is 297. The number of carbonyl (C=O) groups is 1. The van der Waals surface area contributed by atoms with Crippen LogP contribution in [0.25, 0.3) is 0 Å². The van der Waals surface area contributed by atoms with E-state index in [1.807, 2.05) is 19.1 Å². The first-order chi connectivity index (χ1) is 6.15. The van der Waals surface area contributed by atoms with Gasteiger partial charge in [0.15, 0.2) is 0 Å². The zero-order chi connectivity index (χ0) is 9.84. The molecule has 1 rings (SSSR count). The van der Waals surface area contributed by atoms with Gasteiger partial charge in [-0.25, -0.2) is 5.84 Å². The van der Waals surface area contributed by atoms with Crippen LogP contribution in [0.4, 0.5) is 0 Å². The lowest BCUT2D eigenvalue weighted by atomic mass is 10.2. The van der Waals surface area contributed by atoms with Gasteiger partial charge < -0.3 is 0 Å². The number of benzene rings is 1. The average molecular weight is 243 g/mol. The standard InChI is InChI=1S/C9H11BrN2O/c1-2-12(11)9(13)7-3-5-8(10)6-4-7/h3-6H,2,11H2,1H3. The predicted molar refractivity (Wildman–Crippen MR) is 55.0 cm³/mol. The molecule has 1 amide bonds. The Morgan fingerprint density at radius 3 is 2.46 bits per heavy atom. The van der Waals surface area contributed by atoms with Crippen molar-refractivity contribution in [1.29, 1.82) is 0 Å². The van der Waals surface area contributed by atoms with Gasteiger partial charge in [0.1, 0.15) is 0 Å². The number of rotatable bonds is 2. The summed E-state index contributed by atoms with van der Waals surface area (Å²) in [6.07, 6.45) is 0. The fourth-order valence-corrected chi connectivity index (χ4v) is 1.17. The Labute approximate surface area is 85.6 Å². The van der Waals surface area contributed by atoms with Gasteiger partial charge in [-0.05, 0) is 31.2 Å². The zero-order valence-corrected chi connectivity index (χ0v) is 8.91.